The molecule has 1 aliphatic heterocycles. The van der Waals surface area contributed by atoms with Crippen LogP contribution in [0.1, 0.15) is 15.9 Å². The molecule has 2 aromatic rings. The molecule has 22 heavy (non-hydrogen) atoms. The van der Waals surface area contributed by atoms with Gasteiger partial charge in [0.1, 0.15) is 26.1 Å². The Kier molecular flexibility index (Phi) is 4.14. The number of methoxy groups -OCH3 is 1. The van der Waals surface area contributed by atoms with Crippen molar-refractivity contribution in [3.05, 3.63) is 47.5 Å². The Bertz CT molecular complexity index is 681. The number of hydrogen-bond acceptors (Lipinski definition) is 5. The van der Waals surface area contributed by atoms with Crippen LogP contribution in [0.2, 0.25) is 0 Å². The Morgan fingerprint density at radius 3 is 2.64 bits per heavy atom. The first-order valence-electron chi connectivity index (χ1n) is 6.94. The van der Waals surface area contributed by atoms with Crippen LogP contribution in [0.15, 0.2) is 36.4 Å². The number of hydrogen-bond donors (Lipinski definition) is 0. The summed E-state index contributed by atoms with van der Waals surface area (Å²) in [6.07, 6.45) is 0.771. The van der Waals surface area contributed by atoms with Gasteiger partial charge >= 0.3 is 0 Å². The summed E-state index contributed by atoms with van der Waals surface area (Å²) in [5.74, 6) is 2.60. The Morgan fingerprint density at radius 1 is 1.05 bits per heavy atom. The molecule has 0 unspecified atom stereocenters. The summed E-state index contributed by atoms with van der Waals surface area (Å²) >= 11 is 0. The normalized spacial score (nSPS) is 12.6. The van der Waals surface area contributed by atoms with Crippen molar-refractivity contribution >= 4 is 6.29 Å². The van der Waals surface area contributed by atoms with E-state index in [9.17, 15) is 4.79 Å². The van der Waals surface area contributed by atoms with Crippen molar-refractivity contribution in [2.75, 3.05) is 20.3 Å². The van der Waals surface area contributed by atoms with E-state index in [1.807, 2.05) is 18.2 Å². The van der Waals surface area contributed by atoms with Crippen LogP contribution in [-0.2, 0) is 6.61 Å². The van der Waals surface area contributed by atoms with E-state index in [0.717, 1.165) is 23.3 Å². The van der Waals surface area contributed by atoms with Crippen LogP contribution in [0, 0.1) is 0 Å². The van der Waals surface area contributed by atoms with Crippen molar-refractivity contribution < 1.29 is 23.7 Å². The van der Waals surface area contributed by atoms with Gasteiger partial charge in [-0.3, -0.25) is 4.79 Å². The van der Waals surface area contributed by atoms with Crippen LogP contribution in [0.3, 0.4) is 0 Å². The first kappa shape index (κ1) is 14.3. The largest absolute Gasteiger partial charge is 0.493 e. The Balaban J connectivity index is 1.73. The van der Waals surface area contributed by atoms with Gasteiger partial charge < -0.3 is 18.9 Å². The standard InChI is InChI=1S/C17H16O5/c1-19-16-8-12(10-18)2-4-14(16)22-11-13-3-5-15-17(9-13)21-7-6-20-15/h2-5,8-10H,6-7,11H2,1H3. The summed E-state index contributed by atoms with van der Waals surface area (Å²) in [4.78, 5) is 10.8. The van der Waals surface area contributed by atoms with Crippen molar-refractivity contribution in [1.82, 2.24) is 0 Å². The lowest BCUT2D eigenvalue weighted by Gasteiger charge is -2.19. The number of benzene rings is 2. The molecule has 114 valence electrons. The number of carbonyl (C=O) groups is 1. The van der Waals surface area contributed by atoms with Crippen molar-refractivity contribution in [3.8, 4) is 23.0 Å². The summed E-state index contributed by atoms with van der Waals surface area (Å²) in [5, 5.41) is 0. The minimum absolute atomic E-state index is 0.368. The highest BCUT2D eigenvalue weighted by atomic mass is 16.6. The Labute approximate surface area is 128 Å². The molecule has 0 amide bonds. The number of aldehydes is 1. The van der Waals surface area contributed by atoms with E-state index >= 15 is 0 Å². The zero-order valence-corrected chi connectivity index (χ0v) is 12.2. The molecule has 0 saturated heterocycles. The molecule has 0 radical (unpaired) electrons. The number of ether oxygens (including phenoxy) is 4. The minimum Gasteiger partial charge on any atom is -0.493 e. The van der Waals surface area contributed by atoms with E-state index < -0.39 is 0 Å². The number of rotatable bonds is 5. The lowest BCUT2D eigenvalue weighted by atomic mass is 10.2. The summed E-state index contributed by atoms with van der Waals surface area (Å²) in [5.41, 5.74) is 1.51. The third kappa shape index (κ3) is 2.98. The van der Waals surface area contributed by atoms with Gasteiger partial charge in [-0.05, 0) is 35.9 Å². The Morgan fingerprint density at radius 2 is 1.86 bits per heavy atom. The van der Waals surface area contributed by atoms with Crippen LogP contribution in [0.4, 0.5) is 0 Å². The first-order chi connectivity index (χ1) is 10.8. The van der Waals surface area contributed by atoms with Gasteiger partial charge in [0.15, 0.2) is 23.0 Å². The molecule has 0 aliphatic carbocycles. The molecule has 1 aliphatic rings. The fourth-order valence-corrected chi connectivity index (χ4v) is 2.22. The summed E-state index contributed by atoms with van der Waals surface area (Å²) in [6, 6.07) is 10.8. The first-order valence-corrected chi connectivity index (χ1v) is 6.94. The SMILES string of the molecule is COc1cc(C=O)ccc1OCc1ccc2c(c1)OCCO2. The van der Waals surface area contributed by atoms with Crippen LogP contribution in [0.25, 0.3) is 0 Å². The van der Waals surface area contributed by atoms with Gasteiger partial charge in [-0.15, -0.1) is 0 Å². The molecule has 0 aromatic heterocycles. The monoisotopic (exact) mass is 300 g/mol. The van der Waals surface area contributed by atoms with Crippen LogP contribution in [0.5, 0.6) is 23.0 Å². The van der Waals surface area contributed by atoms with Gasteiger partial charge in [0.05, 0.1) is 7.11 Å². The van der Waals surface area contributed by atoms with Crippen molar-refractivity contribution in [2.45, 2.75) is 6.61 Å². The molecule has 1 heterocycles. The van der Waals surface area contributed by atoms with Gasteiger partial charge in [-0.1, -0.05) is 6.07 Å². The summed E-state index contributed by atoms with van der Waals surface area (Å²) in [7, 11) is 1.54. The van der Waals surface area contributed by atoms with E-state index in [1.165, 1.54) is 0 Å². The maximum atomic E-state index is 10.8. The molecule has 3 rings (SSSR count). The molecular formula is C17H16O5. The van der Waals surface area contributed by atoms with Gasteiger partial charge in [0.25, 0.3) is 0 Å². The fourth-order valence-electron chi connectivity index (χ4n) is 2.22. The van der Waals surface area contributed by atoms with Crippen molar-refractivity contribution in [1.29, 1.82) is 0 Å². The molecule has 0 spiro atoms. The zero-order chi connectivity index (χ0) is 15.4. The lowest BCUT2D eigenvalue weighted by molar-refractivity contribution is 0.112. The second-order valence-electron chi connectivity index (χ2n) is 4.79. The highest BCUT2D eigenvalue weighted by Gasteiger charge is 2.12. The van der Waals surface area contributed by atoms with Gasteiger partial charge in [0, 0.05) is 5.56 Å². The van der Waals surface area contributed by atoms with Gasteiger partial charge in [-0.2, -0.15) is 0 Å². The number of carbonyl (C=O) groups excluding carboxylic acids is 1. The highest BCUT2D eigenvalue weighted by molar-refractivity contribution is 5.76. The second-order valence-corrected chi connectivity index (χ2v) is 4.79. The average molecular weight is 300 g/mol. The topological polar surface area (TPSA) is 54.0 Å². The zero-order valence-electron chi connectivity index (χ0n) is 12.2. The van der Waals surface area contributed by atoms with E-state index in [2.05, 4.69) is 0 Å². The predicted octanol–water partition coefficient (Wildman–Crippen LogP) is 2.86. The van der Waals surface area contributed by atoms with Crippen LogP contribution in [-0.4, -0.2) is 26.6 Å². The summed E-state index contributed by atoms with van der Waals surface area (Å²) in [6.45, 7) is 1.49. The van der Waals surface area contributed by atoms with E-state index in [1.54, 1.807) is 25.3 Å². The summed E-state index contributed by atoms with van der Waals surface area (Å²) < 4.78 is 22.0. The maximum absolute atomic E-state index is 10.8. The van der Waals surface area contributed by atoms with Gasteiger partial charge in [-0.25, -0.2) is 0 Å². The van der Waals surface area contributed by atoms with Crippen LogP contribution < -0.4 is 18.9 Å². The molecule has 0 N–H and O–H groups in total. The number of fused-ring (bicyclic) bond motifs is 1. The third-order valence-electron chi connectivity index (χ3n) is 3.32. The fraction of sp³-hybridized carbons (Fsp3) is 0.235. The molecule has 5 heteroatoms. The Hall–Kier alpha value is -2.69. The second kappa shape index (κ2) is 6.39. The van der Waals surface area contributed by atoms with Crippen molar-refractivity contribution in [3.63, 3.8) is 0 Å². The average Bonchev–Trinajstić information content (AvgIpc) is 2.59. The van der Waals surface area contributed by atoms with Crippen LogP contribution >= 0.6 is 0 Å². The van der Waals surface area contributed by atoms with Gasteiger partial charge in [0.2, 0.25) is 0 Å². The molecule has 0 saturated carbocycles. The lowest BCUT2D eigenvalue weighted by Crippen LogP contribution is -2.15. The predicted molar refractivity (Wildman–Crippen MR) is 80.1 cm³/mol. The quantitative estimate of drug-likeness (QED) is 0.795. The molecule has 0 bridgehead atoms. The molecule has 0 atom stereocenters. The minimum atomic E-state index is 0.368. The van der Waals surface area contributed by atoms with E-state index in [4.69, 9.17) is 18.9 Å². The third-order valence-corrected chi connectivity index (χ3v) is 3.32. The molecule has 2 aromatic carbocycles. The highest BCUT2D eigenvalue weighted by Crippen LogP contribution is 2.32. The van der Waals surface area contributed by atoms with E-state index in [0.29, 0.717) is 36.9 Å². The molecule has 5 nitrogen and oxygen atoms in total. The smallest absolute Gasteiger partial charge is 0.161 e. The van der Waals surface area contributed by atoms with E-state index in [-0.39, 0.29) is 0 Å². The van der Waals surface area contributed by atoms with Crippen molar-refractivity contribution in [2.24, 2.45) is 0 Å². The molecule has 0 fully saturated rings. The molecular weight excluding hydrogens is 284 g/mol. The maximum Gasteiger partial charge on any atom is 0.161 e.